The van der Waals surface area contributed by atoms with Gasteiger partial charge in [-0.1, -0.05) is 30.3 Å². The number of ether oxygens (including phenoxy) is 8. The van der Waals surface area contributed by atoms with Crippen LogP contribution in [0.15, 0.2) is 48.8 Å². The lowest BCUT2D eigenvalue weighted by Crippen LogP contribution is -2.24. The Hall–Kier alpha value is -4.83. The lowest BCUT2D eigenvalue weighted by molar-refractivity contribution is -0.122. The Labute approximate surface area is 337 Å². The zero-order valence-electron chi connectivity index (χ0n) is 32.9. The van der Waals surface area contributed by atoms with E-state index in [-0.39, 0.29) is 12.3 Å². The van der Waals surface area contributed by atoms with E-state index in [9.17, 15) is 4.79 Å². The second-order valence-electron chi connectivity index (χ2n) is 12.8. The van der Waals surface area contributed by atoms with E-state index in [1.165, 1.54) is 6.33 Å². The van der Waals surface area contributed by atoms with Crippen molar-refractivity contribution in [2.24, 2.45) is 5.73 Å². The summed E-state index contributed by atoms with van der Waals surface area (Å²) in [5.74, 6) is 0.591. The number of nitrogens with two attached hydrogens (primary N) is 3. The number of anilines is 2. The largest absolute Gasteiger partial charge is 0.383 e. The van der Waals surface area contributed by atoms with Gasteiger partial charge < -0.3 is 65.4 Å². The Bertz CT molecular complexity index is 1930. The van der Waals surface area contributed by atoms with Gasteiger partial charge in [0, 0.05) is 25.1 Å². The van der Waals surface area contributed by atoms with E-state index in [1.54, 1.807) is 0 Å². The summed E-state index contributed by atoms with van der Waals surface area (Å²) in [7, 11) is 0. The van der Waals surface area contributed by atoms with Crippen molar-refractivity contribution in [3.05, 3.63) is 59.9 Å². The van der Waals surface area contributed by atoms with Crippen molar-refractivity contribution in [3.63, 3.8) is 0 Å². The predicted molar refractivity (Wildman–Crippen MR) is 217 cm³/mol. The van der Waals surface area contributed by atoms with Gasteiger partial charge in [0.25, 0.3) is 0 Å². The number of hydrogen-bond acceptors (Lipinski definition) is 16. The molecule has 0 aliphatic carbocycles. The maximum Gasteiger partial charge on any atom is 0.222 e. The van der Waals surface area contributed by atoms with Crippen LogP contribution in [0, 0.1) is 0 Å². The van der Waals surface area contributed by atoms with Crippen LogP contribution >= 0.6 is 0 Å². The van der Waals surface area contributed by atoms with Gasteiger partial charge in [0.05, 0.1) is 129 Å². The van der Waals surface area contributed by atoms with E-state index in [1.807, 2.05) is 47.1 Å². The fourth-order valence-corrected chi connectivity index (χ4v) is 5.63. The van der Waals surface area contributed by atoms with Gasteiger partial charge in [-0.05, 0) is 23.3 Å². The first kappa shape index (κ1) is 44.3. The second kappa shape index (κ2) is 25.5. The minimum absolute atomic E-state index is 0.0943. The summed E-state index contributed by atoms with van der Waals surface area (Å²) in [6.07, 6.45) is 1.69. The van der Waals surface area contributed by atoms with Crippen molar-refractivity contribution >= 4 is 39.7 Å². The molecule has 3 heterocycles. The SMILES string of the molecule is NCCOCCOCCOCCOCCOCCOCCOCCOCCC(=O)NCc1ccc(Cn2nc(-c3ccc4[nH]c(N)nc4c3)c3c(N)ncnc32)cc1. The quantitative estimate of drug-likeness (QED) is 0.0399. The normalized spacial score (nSPS) is 11.6. The van der Waals surface area contributed by atoms with Crippen molar-refractivity contribution in [1.82, 2.24) is 35.0 Å². The predicted octanol–water partition coefficient (Wildman–Crippen LogP) is 1.68. The van der Waals surface area contributed by atoms with E-state index in [4.69, 9.17) is 60.2 Å². The zero-order chi connectivity index (χ0) is 40.6. The molecule has 19 heteroatoms. The van der Waals surface area contributed by atoms with Gasteiger partial charge in [-0.25, -0.2) is 19.6 Å². The standard InChI is InChI=1S/C39H56N10O9/c40-8-10-52-12-14-54-16-18-56-20-22-58-24-23-57-21-19-55-17-15-53-13-11-51-9-7-34(50)43-26-29-1-3-30(4-2-29)27-49-38-35(37(41)44-28-45-38)36(48-49)31-5-6-32-33(25-31)47-39(42)46-32/h1-6,25,28H,7-24,26-27,40H2,(H,43,50)(H2,41,44,45)(H3,42,46,47). The van der Waals surface area contributed by atoms with E-state index in [0.717, 1.165) is 27.7 Å². The van der Waals surface area contributed by atoms with Crippen LogP contribution in [0.3, 0.4) is 0 Å². The number of fused-ring (bicyclic) bond motifs is 2. The van der Waals surface area contributed by atoms with E-state index in [2.05, 4.69) is 25.3 Å². The highest BCUT2D eigenvalue weighted by molar-refractivity contribution is 5.99. The number of nitrogens with one attached hydrogen (secondary N) is 2. The van der Waals surface area contributed by atoms with E-state index in [0.29, 0.717) is 154 Å². The maximum absolute atomic E-state index is 12.4. The molecule has 0 radical (unpaired) electrons. The maximum atomic E-state index is 12.4. The average Bonchev–Trinajstić information content (AvgIpc) is 3.80. The molecular formula is C39H56N10O9. The van der Waals surface area contributed by atoms with Gasteiger partial charge in [0.2, 0.25) is 5.91 Å². The Balaban J connectivity index is 0.846. The first-order chi connectivity index (χ1) is 28.5. The van der Waals surface area contributed by atoms with Crippen LogP contribution in [0.2, 0.25) is 0 Å². The first-order valence-electron chi connectivity index (χ1n) is 19.4. The highest BCUT2D eigenvalue weighted by Crippen LogP contribution is 2.32. The third-order valence-electron chi connectivity index (χ3n) is 8.52. The molecule has 1 amide bonds. The van der Waals surface area contributed by atoms with E-state index >= 15 is 0 Å². The van der Waals surface area contributed by atoms with Gasteiger partial charge >= 0.3 is 0 Å². The zero-order valence-corrected chi connectivity index (χ0v) is 32.9. The van der Waals surface area contributed by atoms with Gasteiger partial charge in [0.1, 0.15) is 17.8 Å². The number of nitrogen functional groups attached to an aromatic ring is 2. The molecule has 5 aromatic rings. The molecule has 2 aromatic carbocycles. The van der Waals surface area contributed by atoms with Crippen LogP contribution in [0.5, 0.6) is 0 Å². The summed E-state index contributed by atoms with van der Waals surface area (Å²) in [5, 5.41) is 8.48. The summed E-state index contributed by atoms with van der Waals surface area (Å²) in [4.78, 5) is 28.4. The molecule has 0 saturated carbocycles. The Kier molecular flexibility index (Phi) is 19.5. The molecule has 0 aliphatic heterocycles. The molecule has 19 nitrogen and oxygen atoms in total. The van der Waals surface area contributed by atoms with Crippen LogP contribution < -0.4 is 22.5 Å². The lowest BCUT2D eigenvalue weighted by Gasteiger charge is -2.09. The first-order valence-corrected chi connectivity index (χ1v) is 19.4. The average molecular weight is 809 g/mol. The number of imidazole rings is 1. The van der Waals surface area contributed by atoms with Gasteiger partial charge in [-0.15, -0.1) is 0 Å². The molecular weight excluding hydrogens is 752 g/mol. The van der Waals surface area contributed by atoms with Crippen LogP contribution in [-0.4, -0.2) is 148 Å². The summed E-state index contributed by atoms with van der Waals surface area (Å²) < 4.78 is 45.4. The number of amides is 1. The third-order valence-corrected chi connectivity index (χ3v) is 8.52. The molecule has 316 valence electrons. The third kappa shape index (κ3) is 15.2. The van der Waals surface area contributed by atoms with Crippen molar-refractivity contribution in [2.45, 2.75) is 19.5 Å². The molecule has 0 unspecified atom stereocenters. The number of rotatable bonds is 31. The monoisotopic (exact) mass is 808 g/mol. The molecule has 5 rings (SSSR count). The van der Waals surface area contributed by atoms with Crippen LogP contribution in [0.1, 0.15) is 17.5 Å². The number of benzene rings is 2. The number of carbonyl (C=O) groups excluding carboxylic acids is 1. The molecule has 0 aliphatic rings. The summed E-state index contributed by atoms with van der Waals surface area (Å²) in [6.45, 7) is 8.95. The van der Waals surface area contributed by atoms with Crippen molar-refractivity contribution < 1.29 is 42.7 Å². The number of carbonyl (C=O) groups is 1. The number of nitrogens with zero attached hydrogens (tertiary/aromatic N) is 5. The molecule has 0 spiro atoms. The molecule has 0 bridgehead atoms. The van der Waals surface area contributed by atoms with Gasteiger partial charge in [-0.3, -0.25) is 4.79 Å². The van der Waals surface area contributed by atoms with Gasteiger partial charge in [-0.2, -0.15) is 5.10 Å². The number of aromatic nitrogens is 6. The molecule has 0 atom stereocenters. The van der Waals surface area contributed by atoms with Crippen LogP contribution in [0.4, 0.5) is 11.8 Å². The molecule has 58 heavy (non-hydrogen) atoms. The lowest BCUT2D eigenvalue weighted by atomic mass is 10.1. The van der Waals surface area contributed by atoms with Crippen molar-refractivity contribution in [2.75, 3.05) is 124 Å². The summed E-state index contributed by atoms with van der Waals surface area (Å²) in [6, 6.07) is 13.7. The summed E-state index contributed by atoms with van der Waals surface area (Å²) >= 11 is 0. The Morgan fingerprint density at radius 3 is 1.78 bits per heavy atom. The van der Waals surface area contributed by atoms with Crippen LogP contribution in [0.25, 0.3) is 33.3 Å². The van der Waals surface area contributed by atoms with Crippen molar-refractivity contribution in [1.29, 1.82) is 0 Å². The highest BCUT2D eigenvalue weighted by Gasteiger charge is 2.18. The number of H-pyrrole nitrogens is 1. The molecule has 0 saturated heterocycles. The second-order valence-corrected chi connectivity index (χ2v) is 12.8. The van der Waals surface area contributed by atoms with E-state index < -0.39 is 0 Å². The fraction of sp³-hybridized carbons (Fsp3) is 0.513. The minimum Gasteiger partial charge on any atom is -0.383 e. The van der Waals surface area contributed by atoms with Crippen LogP contribution in [-0.2, 0) is 55.8 Å². The summed E-state index contributed by atoms with van der Waals surface area (Å²) in [5.41, 5.74) is 23.1. The molecule has 3 aromatic heterocycles. The number of aromatic amines is 1. The molecule has 8 N–H and O–H groups in total. The Morgan fingerprint density at radius 1 is 0.672 bits per heavy atom. The number of hydrogen-bond donors (Lipinski definition) is 5. The highest BCUT2D eigenvalue weighted by atomic mass is 16.6. The Morgan fingerprint density at radius 2 is 1.21 bits per heavy atom. The van der Waals surface area contributed by atoms with Crippen molar-refractivity contribution in [3.8, 4) is 11.3 Å². The fourth-order valence-electron chi connectivity index (χ4n) is 5.63. The minimum atomic E-state index is -0.0943. The topological polar surface area (TPSA) is 253 Å². The smallest absolute Gasteiger partial charge is 0.222 e. The van der Waals surface area contributed by atoms with Gasteiger partial charge in [0.15, 0.2) is 11.6 Å². The molecule has 0 fully saturated rings.